The van der Waals surface area contributed by atoms with Crippen molar-refractivity contribution in [3.05, 3.63) is 52.0 Å². The molecule has 13 nitrogen and oxygen atoms in total. The summed E-state index contributed by atoms with van der Waals surface area (Å²) in [6.07, 6.45) is 1.87. The van der Waals surface area contributed by atoms with E-state index in [4.69, 9.17) is 13.6 Å². The van der Waals surface area contributed by atoms with Crippen LogP contribution in [0.4, 0.5) is 4.39 Å². The number of ether oxygens (including phenoxy) is 1. The van der Waals surface area contributed by atoms with Gasteiger partial charge >= 0.3 is 5.82 Å². The monoisotopic (exact) mass is 643 g/mol. The minimum absolute atomic E-state index is 0.0806. The first-order valence-electron chi connectivity index (χ1n) is 15.7. The fourth-order valence-corrected chi connectivity index (χ4v) is 6.43. The largest absolute Gasteiger partial charge is 0.519 e. The van der Waals surface area contributed by atoms with Crippen molar-refractivity contribution >= 4 is 23.6 Å². The average Bonchev–Trinajstić information content (AvgIpc) is 3.57. The van der Waals surface area contributed by atoms with Crippen LogP contribution in [0.2, 0.25) is 0 Å². The van der Waals surface area contributed by atoms with Crippen molar-refractivity contribution < 1.29 is 37.1 Å². The molecule has 2 N–H and O–H groups in total. The summed E-state index contributed by atoms with van der Waals surface area (Å²) in [7, 11) is 1.64. The Kier molecular flexibility index (Phi) is 9.57. The van der Waals surface area contributed by atoms with E-state index in [9.17, 15) is 28.4 Å². The van der Waals surface area contributed by atoms with Gasteiger partial charge in [0.2, 0.25) is 17.7 Å². The Labute approximate surface area is 266 Å². The van der Waals surface area contributed by atoms with Gasteiger partial charge < -0.3 is 34.0 Å². The minimum Gasteiger partial charge on any atom is -0.493 e. The third kappa shape index (κ3) is 6.96. The molecule has 1 aromatic carbocycles. The van der Waals surface area contributed by atoms with Crippen molar-refractivity contribution in [2.75, 3.05) is 26.7 Å². The maximum absolute atomic E-state index is 14.8. The number of benzene rings is 1. The molecule has 0 radical (unpaired) electrons. The molecular weight excluding hydrogens is 601 g/mol. The Morgan fingerprint density at radius 1 is 1.07 bits per heavy atom. The average molecular weight is 644 g/mol. The van der Waals surface area contributed by atoms with E-state index in [1.54, 1.807) is 30.7 Å². The van der Waals surface area contributed by atoms with E-state index < -0.39 is 47.3 Å². The summed E-state index contributed by atoms with van der Waals surface area (Å²) in [6, 6.07) is 4.02. The van der Waals surface area contributed by atoms with Crippen molar-refractivity contribution in [1.82, 2.24) is 25.3 Å². The number of fused-ring (bicyclic) bond motifs is 2. The van der Waals surface area contributed by atoms with Crippen molar-refractivity contribution in [3.63, 3.8) is 0 Å². The van der Waals surface area contributed by atoms with Crippen molar-refractivity contribution in [3.8, 4) is 5.75 Å². The standard InChI is InChI=1S/C32H42FN5O8/c1-18(36(5)17-26-19(2)45-31(43)46-26)27(39)35-23-16-37(30(42)32(3,4)33)14-12-20-10-11-24(38(20)29(23)41)28(40)34-22-13-15-44-25-9-7-6-8-21(22)25/h6-9,18,20,22-24H,10-17H2,1-5H3,(H,34,40)(H,35,39)/t18-,20+,22+,23-,24-/m0/s1. The van der Waals surface area contributed by atoms with E-state index in [1.165, 1.54) is 4.90 Å². The highest BCUT2D eigenvalue weighted by Crippen LogP contribution is 2.34. The van der Waals surface area contributed by atoms with E-state index in [0.29, 0.717) is 38.0 Å². The lowest BCUT2D eigenvalue weighted by Crippen LogP contribution is -2.63. The zero-order chi connectivity index (χ0) is 33.3. The normalized spacial score (nSPS) is 23.9. The fraction of sp³-hybridized carbons (Fsp3) is 0.594. The Balaban J connectivity index is 1.36. The quantitative estimate of drug-likeness (QED) is 0.439. The van der Waals surface area contributed by atoms with Crippen molar-refractivity contribution in [1.29, 1.82) is 0 Å². The number of amides is 4. The summed E-state index contributed by atoms with van der Waals surface area (Å²) in [6.45, 7) is 5.93. The van der Waals surface area contributed by atoms with Crippen LogP contribution in [0.1, 0.15) is 69.6 Å². The molecule has 0 saturated carbocycles. The Bertz CT molecular complexity index is 1530. The number of carbonyl (C=O) groups is 4. The molecule has 3 aliphatic rings. The topological polar surface area (TPSA) is 155 Å². The van der Waals surface area contributed by atoms with Gasteiger partial charge in [-0.2, -0.15) is 0 Å². The first-order valence-corrected chi connectivity index (χ1v) is 15.7. The van der Waals surface area contributed by atoms with E-state index in [-0.39, 0.29) is 49.1 Å². The highest BCUT2D eigenvalue weighted by Gasteiger charge is 2.47. The van der Waals surface area contributed by atoms with Crippen LogP contribution in [0, 0.1) is 6.92 Å². The molecule has 0 aliphatic carbocycles. The summed E-state index contributed by atoms with van der Waals surface area (Å²) in [5.41, 5.74) is -1.32. The number of para-hydroxylation sites is 1. The second-order valence-corrected chi connectivity index (χ2v) is 12.8. The van der Waals surface area contributed by atoms with Crippen molar-refractivity contribution in [2.45, 2.75) is 95.8 Å². The number of hydrogen-bond acceptors (Lipinski definition) is 9. The van der Waals surface area contributed by atoms with Crippen LogP contribution in [0.15, 0.2) is 37.9 Å². The molecule has 0 bridgehead atoms. The maximum Gasteiger partial charge on any atom is 0.519 e. The van der Waals surface area contributed by atoms with E-state index in [2.05, 4.69) is 10.6 Å². The third-order valence-corrected chi connectivity index (χ3v) is 9.15. The number of halogens is 1. The van der Waals surface area contributed by atoms with E-state index in [0.717, 1.165) is 19.4 Å². The van der Waals surface area contributed by atoms with Crippen LogP contribution in [0.3, 0.4) is 0 Å². The molecule has 5 rings (SSSR count). The lowest BCUT2D eigenvalue weighted by Gasteiger charge is -2.40. The molecule has 3 aliphatic heterocycles. The second kappa shape index (κ2) is 13.3. The van der Waals surface area contributed by atoms with Gasteiger partial charge in [0, 0.05) is 24.6 Å². The second-order valence-electron chi connectivity index (χ2n) is 12.8. The molecule has 46 heavy (non-hydrogen) atoms. The summed E-state index contributed by atoms with van der Waals surface area (Å²) in [5.74, 6) is -1.72. The molecule has 4 amide bonds. The lowest BCUT2D eigenvalue weighted by atomic mass is 10.00. The van der Waals surface area contributed by atoms with Crippen molar-refractivity contribution in [2.24, 2.45) is 0 Å². The van der Waals surface area contributed by atoms with Gasteiger partial charge in [-0.3, -0.25) is 24.1 Å². The van der Waals surface area contributed by atoms with Crippen LogP contribution < -0.4 is 21.2 Å². The number of rotatable bonds is 8. The molecular formula is C32H42FN5O8. The molecule has 14 heteroatoms. The van der Waals surface area contributed by atoms with Gasteiger partial charge in [0.1, 0.15) is 23.6 Å². The summed E-state index contributed by atoms with van der Waals surface area (Å²) in [4.78, 5) is 70.6. The smallest absolute Gasteiger partial charge is 0.493 e. The number of carbonyl (C=O) groups excluding carboxylic acids is 4. The number of nitrogens with one attached hydrogen (secondary N) is 2. The van der Waals surface area contributed by atoms with Crippen LogP contribution in [-0.2, 0) is 25.7 Å². The predicted octanol–water partition coefficient (Wildman–Crippen LogP) is 1.83. The Hall–Kier alpha value is -4.20. The first-order chi connectivity index (χ1) is 21.7. The Morgan fingerprint density at radius 2 is 1.80 bits per heavy atom. The molecule has 2 saturated heterocycles. The number of nitrogens with zero attached hydrogens (tertiary/aromatic N) is 3. The predicted molar refractivity (Wildman–Crippen MR) is 162 cm³/mol. The summed E-state index contributed by atoms with van der Waals surface area (Å²) in [5, 5.41) is 5.89. The van der Waals surface area contributed by atoms with Gasteiger partial charge in [0.15, 0.2) is 11.4 Å². The molecule has 2 aromatic rings. The van der Waals surface area contributed by atoms with Gasteiger partial charge in [-0.15, -0.1) is 0 Å². The first kappa shape index (κ1) is 33.2. The molecule has 4 heterocycles. The van der Waals surface area contributed by atoms with Crippen LogP contribution in [0.5, 0.6) is 5.75 Å². The van der Waals surface area contributed by atoms with Crippen LogP contribution in [0.25, 0.3) is 0 Å². The van der Waals surface area contributed by atoms with Crippen LogP contribution in [-0.4, -0.2) is 94.9 Å². The number of alkyl halides is 1. The summed E-state index contributed by atoms with van der Waals surface area (Å²) < 4.78 is 30.5. The molecule has 5 atom stereocenters. The van der Waals surface area contributed by atoms with Gasteiger partial charge in [0.25, 0.3) is 5.91 Å². The fourth-order valence-electron chi connectivity index (χ4n) is 6.43. The highest BCUT2D eigenvalue weighted by molar-refractivity contribution is 5.95. The molecule has 0 spiro atoms. The van der Waals surface area contributed by atoms with E-state index >= 15 is 0 Å². The molecule has 250 valence electrons. The SMILES string of the molecule is Cc1oc(=O)oc1CN(C)[C@@H](C)C(=O)N[C@H]1CN(C(=O)C(C)(C)F)CC[C@H]2CC[C@@H](C(=O)N[C@@H]3CCOc4ccccc43)N2C1=O. The van der Waals surface area contributed by atoms with Gasteiger partial charge in [-0.1, -0.05) is 18.2 Å². The zero-order valence-corrected chi connectivity index (χ0v) is 26.8. The third-order valence-electron chi connectivity index (χ3n) is 9.15. The Morgan fingerprint density at radius 3 is 2.50 bits per heavy atom. The molecule has 2 fully saturated rings. The zero-order valence-electron chi connectivity index (χ0n) is 26.8. The van der Waals surface area contributed by atoms with Gasteiger partial charge in [-0.25, -0.2) is 9.18 Å². The van der Waals surface area contributed by atoms with E-state index in [1.807, 2.05) is 24.3 Å². The lowest BCUT2D eigenvalue weighted by molar-refractivity contribution is -0.150. The molecule has 1 aromatic heterocycles. The number of aryl methyl sites for hydroxylation is 1. The minimum atomic E-state index is -2.19. The molecule has 0 unspecified atom stereocenters. The number of likely N-dealkylation sites (N-methyl/N-ethyl adjacent to an activating group) is 1. The van der Waals surface area contributed by atoms with Crippen LogP contribution >= 0.6 is 0 Å². The van der Waals surface area contributed by atoms with Gasteiger partial charge in [-0.05, 0) is 60.1 Å². The summed E-state index contributed by atoms with van der Waals surface area (Å²) >= 11 is 0. The van der Waals surface area contributed by atoms with Gasteiger partial charge in [0.05, 0.1) is 31.8 Å². The number of hydrogen-bond donors (Lipinski definition) is 2. The highest BCUT2D eigenvalue weighted by atomic mass is 19.1. The maximum atomic E-state index is 14.8.